The van der Waals surface area contributed by atoms with E-state index in [0.717, 1.165) is 5.56 Å². The summed E-state index contributed by atoms with van der Waals surface area (Å²) in [5.74, 6) is -1.25. The van der Waals surface area contributed by atoms with E-state index in [1.807, 2.05) is 30.3 Å². The van der Waals surface area contributed by atoms with Gasteiger partial charge >= 0.3 is 12.1 Å². The molecule has 0 aromatic heterocycles. The minimum absolute atomic E-state index is 0.120. The average Bonchev–Trinajstić information content (AvgIpc) is 2.49. The quantitative estimate of drug-likeness (QED) is 0.748. The van der Waals surface area contributed by atoms with Crippen LogP contribution in [-0.2, 0) is 16.1 Å². The molecule has 1 atom stereocenters. The third kappa shape index (κ3) is 5.24. The van der Waals surface area contributed by atoms with Crippen molar-refractivity contribution in [2.45, 2.75) is 32.9 Å². The molecule has 0 bridgehead atoms. The molecule has 1 rings (SSSR count). The summed E-state index contributed by atoms with van der Waals surface area (Å²) in [4.78, 5) is 25.0. The number of nitrogens with zero attached hydrogens (tertiary/aromatic N) is 1. The minimum Gasteiger partial charge on any atom is -0.480 e. The average molecular weight is 305 g/mol. The first kappa shape index (κ1) is 17.8. The van der Waals surface area contributed by atoms with Gasteiger partial charge in [0.25, 0.3) is 0 Å². The molecule has 1 aromatic carbocycles. The first-order valence-corrected chi connectivity index (χ1v) is 7.28. The fourth-order valence-corrected chi connectivity index (χ4v) is 2.15. The molecule has 0 radical (unpaired) electrons. The Bertz CT molecular complexity index is 499. The molecule has 0 saturated carbocycles. The monoisotopic (exact) mass is 305 g/mol. The van der Waals surface area contributed by atoms with Crippen LogP contribution >= 0.6 is 0 Å². The van der Waals surface area contributed by atoms with Gasteiger partial charge in [-0.1, -0.05) is 50.3 Å². The van der Waals surface area contributed by atoms with E-state index in [4.69, 9.17) is 4.74 Å². The molecule has 0 aliphatic heterocycles. The standard InChI is InChI=1S/C17H23NO4/c1-4-5-11-18(15(13(2)3)16(19)20)17(21)22-12-14-9-7-6-8-10-14/h4,6-10,13,15H,1,5,11-12H2,2-3H3,(H,19,20)/t15-/m0/s1. The van der Waals surface area contributed by atoms with Gasteiger partial charge in [-0.05, 0) is 17.9 Å². The normalized spacial score (nSPS) is 11.8. The van der Waals surface area contributed by atoms with Crippen LogP contribution in [0.5, 0.6) is 0 Å². The summed E-state index contributed by atoms with van der Waals surface area (Å²) in [6, 6.07) is 8.36. The summed E-state index contributed by atoms with van der Waals surface area (Å²) >= 11 is 0. The van der Waals surface area contributed by atoms with Gasteiger partial charge in [0, 0.05) is 6.54 Å². The highest BCUT2D eigenvalue weighted by atomic mass is 16.6. The molecule has 5 heteroatoms. The number of carboxylic acid groups (broad SMARTS) is 1. The Balaban J connectivity index is 2.78. The van der Waals surface area contributed by atoms with E-state index in [1.165, 1.54) is 4.90 Å². The summed E-state index contributed by atoms with van der Waals surface area (Å²) in [7, 11) is 0. The van der Waals surface area contributed by atoms with Crippen molar-refractivity contribution >= 4 is 12.1 Å². The highest BCUT2D eigenvalue weighted by Crippen LogP contribution is 2.15. The van der Waals surface area contributed by atoms with E-state index in [0.29, 0.717) is 6.42 Å². The predicted molar refractivity (Wildman–Crippen MR) is 84.4 cm³/mol. The predicted octanol–water partition coefficient (Wildman–Crippen LogP) is 3.31. The van der Waals surface area contributed by atoms with Gasteiger partial charge in [-0.2, -0.15) is 0 Å². The van der Waals surface area contributed by atoms with E-state index < -0.39 is 18.1 Å². The molecular weight excluding hydrogens is 282 g/mol. The molecule has 0 fully saturated rings. The minimum atomic E-state index is -1.03. The second-order valence-electron chi connectivity index (χ2n) is 5.34. The van der Waals surface area contributed by atoms with Crippen LogP contribution < -0.4 is 0 Å². The number of carboxylic acids is 1. The summed E-state index contributed by atoms with van der Waals surface area (Å²) < 4.78 is 5.26. The van der Waals surface area contributed by atoms with Crippen molar-refractivity contribution in [3.63, 3.8) is 0 Å². The van der Waals surface area contributed by atoms with Crippen LogP contribution in [0.15, 0.2) is 43.0 Å². The van der Waals surface area contributed by atoms with Crippen molar-refractivity contribution < 1.29 is 19.4 Å². The SMILES string of the molecule is C=CCCN(C(=O)OCc1ccccc1)[C@H](C(=O)O)C(C)C. The molecule has 0 saturated heterocycles. The highest BCUT2D eigenvalue weighted by Gasteiger charge is 2.32. The van der Waals surface area contributed by atoms with Gasteiger partial charge in [-0.15, -0.1) is 6.58 Å². The zero-order valence-electron chi connectivity index (χ0n) is 13.1. The lowest BCUT2D eigenvalue weighted by Crippen LogP contribution is -2.48. The third-order valence-electron chi connectivity index (χ3n) is 3.23. The Labute approximate surface area is 131 Å². The van der Waals surface area contributed by atoms with Crippen molar-refractivity contribution in [2.24, 2.45) is 5.92 Å². The van der Waals surface area contributed by atoms with Crippen molar-refractivity contribution in [1.82, 2.24) is 4.90 Å². The highest BCUT2D eigenvalue weighted by molar-refractivity contribution is 5.80. The fraction of sp³-hybridized carbons (Fsp3) is 0.412. The molecule has 22 heavy (non-hydrogen) atoms. The number of carbonyl (C=O) groups is 2. The molecule has 1 aromatic rings. The van der Waals surface area contributed by atoms with E-state index in [9.17, 15) is 14.7 Å². The topological polar surface area (TPSA) is 66.8 Å². The third-order valence-corrected chi connectivity index (χ3v) is 3.23. The molecule has 120 valence electrons. The summed E-state index contributed by atoms with van der Waals surface area (Å²) in [6.07, 6.45) is 1.54. The van der Waals surface area contributed by atoms with Gasteiger partial charge in [-0.3, -0.25) is 4.90 Å². The second kappa shape index (κ2) is 8.87. The lowest BCUT2D eigenvalue weighted by molar-refractivity contribution is -0.144. The van der Waals surface area contributed by atoms with Crippen molar-refractivity contribution in [3.05, 3.63) is 48.6 Å². The van der Waals surface area contributed by atoms with Gasteiger partial charge in [0.15, 0.2) is 0 Å². The fourth-order valence-electron chi connectivity index (χ4n) is 2.15. The van der Waals surface area contributed by atoms with E-state index in [-0.39, 0.29) is 19.1 Å². The first-order chi connectivity index (χ1) is 10.5. The lowest BCUT2D eigenvalue weighted by Gasteiger charge is -2.30. The molecule has 0 spiro atoms. The number of hydrogen-bond acceptors (Lipinski definition) is 3. The van der Waals surface area contributed by atoms with E-state index >= 15 is 0 Å². The maximum atomic E-state index is 12.3. The van der Waals surface area contributed by atoms with Crippen LogP contribution in [-0.4, -0.2) is 34.7 Å². The largest absolute Gasteiger partial charge is 0.480 e. The number of amides is 1. The van der Waals surface area contributed by atoms with E-state index in [1.54, 1.807) is 19.9 Å². The Morgan fingerprint density at radius 1 is 1.32 bits per heavy atom. The van der Waals surface area contributed by atoms with Gasteiger partial charge in [0.05, 0.1) is 0 Å². The van der Waals surface area contributed by atoms with E-state index in [2.05, 4.69) is 6.58 Å². The Morgan fingerprint density at radius 2 is 1.95 bits per heavy atom. The van der Waals surface area contributed by atoms with Crippen LogP contribution in [0.4, 0.5) is 4.79 Å². The number of hydrogen-bond donors (Lipinski definition) is 1. The Hall–Kier alpha value is -2.30. The summed E-state index contributed by atoms with van der Waals surface area (Å²) in [5.41, 5.74) is 0.857. The number of carbonyl (C=O) groups excluding carboxylic acids is 1. The zero-order chi connectivity index (χ0) is 16.5. The van der Waals surface area contributed by atoms with Crippen molar-refractivity contribution in [3.8, 4) is 0 Å². The van der Waals surface area contributed by atoms with Crippen molar-refractivity contribution in [2.75, 3.05) is 6.54 Å². The summed E-state index contributed by atoms with van der Waals surface area (Å²) in [6.45, 7) is 7.53. The van der Waals surface area contributed by atoms with Gasteiger partial charge in [-0.25, -0.2) is 9.59 Å². The number of ether oxygens (including phenoxy) is 1. The summed E-state index contributed by atoms with van der Waals surface area (Å²) in [5, 5.41) is 9.37. The molecule has 1 amide bonds. The van der Waals surface area contributed by atoms with Gasteiger partial charge in [0.1, 0.15) is 12.6 Å². The maximum Gasteiger partial charge on any atom is 0.410 e. The first-order valence-electron chi connectivity index (χ1n) is 7.28. The molecule has 0 heterocycles. The molecule has 0 aliphatic rings. The number of aliphatic carboxylic acids is 1. The Morgan fingerprint density at radius 3 is 2.45 bits per heavy atom. The lowest BCUT2D eigenvalue weighted by atomic mass is 10.0. The zero-order valence-corrected chi connectivity index (χ0v) is 13.1. The number of benzene rings is 1. The second-order valence-corrected chi connectivity index (χ2v) is 5.34. The van der Waals surface area contributed by atoms with Crippen LogP contribution in [0.25, 0.3) is 0 Å². The molecule has 0 unspecified atom stereocenters. The van der Waals surface area contributed by atoms with Crippen LogP contribution in [0.1, 0.15) is 25.8 Å². The molecular formula is C17H23NO4. The van der Waals surface area contributed by atoms with Crippen LogP contribution in [0, 0.1) is 5.92 Å². The van der Waals surface area contributed by atoms with Crippen LogP contribution in [0.2, 0.25) is 0 Å². The molecule has 5 nitrogen and oxygen atoms in total. The smallest absolute Gasteiger partial charge is 0.410 e. The maximum absolute atomic E-state index is 12.3. The number of rotatable bonds is 8. The Kier molecular flexibility index (Phi) is 7.16. The van der Waals surface area contributed by atoms with Gasteiger partial charge < -0.3 is 9.84 Å². The molecule has 0 aliphatic carbocycles. The van der Waals surface area contributed by atoms with Crippen LogP contribution in [0.3, 0.4) is 0 Å². The van der Waals surface area contributed by atoms with Crippen molar-refractivity contribution in [1.29, 1.82) is 0 Å². The van der Waals surface area contributed by atoms with Gasteiger partial charge in [0.2, 0.25) is 0 Å². The molecule has 1 N–H and O–H groups in total.